The molecule has 11 nitrogen and oxygen atoms in total. The van der Waals surface area contributed by atoms with Crippen molar-refractivity contribution in [1.29, 1.82) is 0 Å². The number of likely N-dealkylation sites (tertiary alicyclic amines) is 1. The van der Waals surface area contributed by atoms with Gasteiger partial charge < -0.3 is 15.3 Å². The topological polar surface area (TPSA) is 150 Å². The molecule has 0 radical (unpaired) electrons. The van der Waals surface area contributed by atoms with Crippen LogP contribution in [0.3, 0.4) is 0 Å². The van der Waals surface area contributed by atoms with Crippen molar-refractivity contribution in [3.8, 4) is 0 Å². The van der Waals surface area contributed by atoms with Gasteiger partial charge in [0.05, 0.1) is 10.8 Å². The molecule has 3 heterocycles. The number of hydrogen-bond acceptors (Lipinski definition) is 7. The lowest BCUT2D eigenvalue weighted by Gasteiger charge is -2.49. The third-order valence-electron chi connectivity index (χ3n) is 6.40. The molecular weight excluding hydrogens is 488 g/mol. The molecule has 12 heteroatoms. The number of carbonyl (C=O) groups excluding carboxylic acids is 3. The maximum absolute atomic E-state index is 12.9. The average molecular weight is 515 g/mol. The minimum absolute atomic E-state index is 0.0101. The van der Waals surface area contributed by atoms with Gasteiger partial charge in [-0.3, -0.25) is 29.4 Å². The Morgan fingerprint density at radius 1 is 1.28 bits per heavy atom. The van der Waals surface area contributed by atoms with Gasteiger partial charge in [0.25, 0.3) is 11.6 Å². The summed E-state index contributed by atoms with van der Waals surface area (Å²) in [5.74, 6) is -2.35. The third kappa shape index (κ3) is 4.99. The molecule has 1 aromatic rings. The standard InChI is InChI=1S/C24H26N4O7S/c1-2-10-26-12-16(11-18(26)29)21(30)25-19-22(31)27-20(24(32)33)15(13-36-23(19)27)5-3-4-14-6-8-17(9-7-14)28(34)35/h3,5-9,16,19,23H,2,4,10-13H2,1H3,(H,25,30)(H,32,33)/t16?,19?,23-/m0/s1. The summed E-state index contributed by atoms with van der Waals surface area (Å²) < 4.78 is 0. The molecule has 1 aromatic carbocycles. The second kappa shape index (κ2) is 10.5. The number of nitro benzene ring substituents is 1. The molecule has 3 aliphatic heterocycles. The quantitative estimate of drug-likeness (QED) is 0.287. The van der Waals surface area contributed by atoms with Crippen LogP contribution in [0.25, 0.3) is 0 Å². The Morgan fingerprint density at radius 3 is 2.64 bits per heavy atom. The van der Waals surface area contributed by atoms with E-state index in [0.29, 0.717) is 30.8 Å². The van der Waals surface area contributed by atoms with E-state index in [-0.39, 0.29) is 29.6 Å². The molecule has 4 rings (SSSR count). The van der Waals surface area contributed by atoms with Crippen molar-refractivity contribution in [1.82, 2.24) is 15.1 Å². The molecule has 3 atom stereocenters. The molecule has 190 valence electrons. The van der Waals surface area contributed by atoms with Crippen molar-refractivity contribution in [3.63, 3.8) is 0 Å². The summed E-state index contributed by atoms with van der Waals surface area (Å²) in [6.45, 7) is 2.87. The number of β-lactam (4-membered cyclic amide) rings is 1. The van der Waals surface area contributed by atoms with E-state index in [1.165, 1.54) is 28.8 Å². The molecule has 2 saturated heterocycles. The first kappa shape index (κ1) is 25.4. The van der Waals surface area contributed by atoms with Gasteiger partial charge in [0, 0.05) is 37.4 Å². The zero-order chi connectivity index (χ0) is 26.0. The Balaban J connectivity index is 1.41. The van der Waals surface area contributed by atoms with Crippen LogP contribution < -0.4 is 5.32 Å². The zero-order valence-electron chi connectivity index (χ0n) is 19.6. The number of rotatable bonds is 9. The van der Waals surface area contributed by atoms with Crippen LogP contribution >= 0.6 is 11.8 Å². The largest absolute Gasteiger partial charge is 0.477 e. The molecule has 2 N–H and O–H groups in total. The number of amides is 3. The number of carboxylic acids is 1. The molecule has 0 aliphatic carbocycles. The molecule has 0 aromatic heterocycles. The lowest BCUT2D eigenvalue weighted by Crippen LogP contribution is -2.71. The molecule has 2 unspecified atom stereocenters. The van der Waals surface area contributed by atoms with Crippen molar-refractivity contribution in [2.45, 2.75) is 37.6 Å². The van der Waals surface area contributed by atoms with Gasteiger partial charge in [-0.15, -0.1) is 11.8 Å². The Kier molecular flexibility index (Phi) is 7.43. The molecule has 0 bridgehead atoms. The number of non-ortho nitro benzene ring substituents is 1. The number of carbonyl (C=O) groups is 4. The highest BCUT2D eigenvalue weighted by atomic mass is 32.2. The highest BCUT2D eigenvalue weighted by Gasteiger charge is 2.54. The Morgan fingerprint density at radius 2 is 2.00 bits per heavy atom. The van der Waals surface area contributed by atoms with E-state index in [2.05, 4.69) is 5.32 Å². The fourth-order valence-corrected chi connectivity index (χ4v) is 5.89. The van der Waals surface area contributed by atoms with Gasteiger partial charge in [-0.2, -0.15) is 0 Å². The van der Waals surface area contributed by atoms with E-state index in [0.717, 1.165) is 12.0 Å². The SMILES string of the molecule is CCCN1CC(C(=O)NC2C(=O)N3C(C(=O)O)=C(C=CCc4ccc([N+](=O)[O-])cc4)CS[C@@H]23)CC1=O. The summed E-state index contributed by atoms with van der Waals surface area (Å²) in [6.07, 6.45) is 4.75. The molecule has 0 spiro atoms. The molecule has 3 amide bonds. The monoisotopic (exact) mass is 514 g/mol. The summed E-state index contributed by atoms with van der Waals surface area (Å²) in [5, 5.41) is 22.8. The van der Waals surface area contributed by atoms with Gasteiger partial charge in [0.2, 0.25) is 11.8 Å². The van der Waals surface area contributed by atoms with Gasteiger partial charge in [0.1, 0.15) is 17.1 Å². The number of allylic oxidation sites excluding steroid dienone is 2. The van der Waals surface area contributed by atoms with Crippen LogP contribution in [0.5, 0.6) is 0 Å². The highest BCUT2D eigenvalue weighted by molar-refractivity contribution is 8.00. The first-order valence-corrected chi connectivity index (χ1v) is 12.6. The number of fused-ring (bicyclic) bond motifs is 1. The number of hydrogen-bond donors (Lipinski definition) is 2. The van der Waals surface area contributed by atoms with Crippen LogP contribution in [0, 0.1) is 16.0 Å². The van der Waals surface area contributed by atoms with Gasteiger partial charge >= 0.3 is 5.97 Å². The van der Waals surface area contributed by atoms with E-state index in [9.17, 15) is 34.4 Å². The fraction of sp³-hybridized carbons (Fsp3) is 0.417. The summed E-state index contributed by atoms with van der Waals surface area (Å²) in [5.41, 5.74) is 1.17. The Hall–Kier alpha value is -3.67. The van der Waals surface area contributed by atoms with Gasteiger partial charge in [-0.05, 0) is 24.0 Å². The van der Waals surface area contributed by atoms with Crippen molar-refractivity contribution in [2.75, 3.05) is 18.8 Å². The number of carboxylic acid groups (broad SMARTS) is 1. The fourth-order valence-electron chi connectivity index (χ4n) is 4.57. The van der Waals surface area contributed by atoms with E-state index < -0.39 is 34.1 Å². The minimum Gasteiger partial charge on any atom is -0.477 e. The first-order chi connectivity index (χ1) is 17.2. The summed E-state index contributed by atoms with van der Waals surface area (Å²) in [4.78, 5) is 62.8. The van der Waals surface area contributed by atoms with E-state index in [1.54, 1.807) is 29.2 Å². The number of nitrogens with zero attached hydrogens (tertiary/aromatic N) is 3. The molecule has 2 fully saturated rings. The van der Waals surface area contributed by atoms with Crippen LogP contribution in [0.4, 0.5) is 5.69 Å². The molecule has 0 saturated carbocycles. The summed E-state index contributed by atoms with van der Waals surface area (Å²) >= 11 is 1.36. The molecule has 36 heavy (non-hydrogen) atoms. The number of thioether (sulfide) groups is 1. The van der Waals surface area contributed by atoms with E-state index in [4.69, 9.17) is 0 Å². The van der Waals surface area contributed by atoms with Crippen molar-refractivity contribution in [2.24, 2.45) is 5.92 Å². The highest BCUT2D eigenvalue weighted by Crippen LogP contribution is 2.41. The Labute approximate surface area is 211 Å². The normalized spacial score (nSPS) is 23.6. The van der Waals surface area contributed by atoms with Crippen molar-refractivity contribution in [3.05, 3.63) is 63.4 Å². The third-order valence-corrected chi connectivity index (χ3v) is 7.70. The van der Waals surface area contributed by atoms with E-state index >= 15 is 0 Å². The number of aliphatic carboxylic acids is 1. The number of benzene rings is 1. The van der Waals surface area contributed by atoms with Gasteiger partial charge in [0.15, 0.2) is 0 Å². The zero-order valence-corrected chi connectivity index (χ0v) is 20.4. The van der Waals surface area contributed by atoms with Crippen molar-refractivity contribution >= 4 is 41.1 Å². The maximum atomic E-state index is 12.9. The van der Waals surface area contributed by atoms with Gasteiger partial charge in [-0.1, -0.05) is 31.2 Å². The Bertz CT molecular complexity index is 1160. The van der Waals surface area contributed by atoms with Crippen LogP contribution in [0.15, 0.2) is 47.7 Å². The van der Waals surface area contributed by atoms with Crippen LogP contribution in [-0.4, -0.2) is 73.8 Å². The first-order valence-electron chi connectivity index (χ1n) is 11.6. The maximum Gasteiger partial charge on any atom is 0.352 e. The predicted molar refractivity (Wildman–Crippen MR) is 131 cm³/mol. The minimum atomic E-state index is -1.23. The number of nitro groups is 1. The number of nitrogens with one attached hydrogen (secondary N) is 1. The summed E-state index contributed by atoms with van der Waals surface area (Å²) in [6, 6.07) is 5.24. The van der Waals surface area contributed by atoms with Crippen molar-refractivity contribution < 1.29 is 29.2 Å². The lowest BCUT2D eigenvalue weighted by molar-refractivity contribution is -0.384. The second-order valence-electron chi connectivity index (χ2n) is 8.85. The smallest absolute Gasteiger partial charge is 0.352 e. The molecule has 3 aliphatic rings. The summed E-state index contributed by atoms with van der Waals surface area (Å²) in [7, 11) is 0. The van der Waals surface area contributed by atoms with Crippen LogP contribution in [0.1, 0.15) is 25.3 Å². The van der Waals surface area contributed by atoms with Crippen LogP contribution in [-0.2, 0) is 25.6 Å². The average Bonchev–Trinajstić information content (AvgIpc) is 3.22. The van der Waals surface area contributed by atoms with E-state index in [1.807, 2.05) is 6.92 Å². The lowest BCUT2D eigenvalue weighted by atomic mass is 10.0. The van der Waals surface area contributed by atoms with Crippen LogP contribution in [0.2, 0.25) is 0 Å². The van der Waals surface area contributed by atoms with Gasteiger partial charge in [-0.25, -0.2) is 4.79 Å². The predicted octanol–water partition coefficient (Wildman–Crippen LogP) is 1.69. The molecular formula is C24H26N4O7S. The second-order valence-corrected chi connectivity index (χ2v) is 9.95.